The molecule has 23 heavy (non-hydrogen) atoms. The Morgan fingerprint density at radius 1 is 1.43 bits per heavy atom. The van der Waals surface area contributed by atoms with Gasteiger partial charge in [-0.3, -0.25) is 4.68 Å². The number of nitrogens with two attached hydrogens (primary N) is 1. The zero-order valence-corrected chi connectivity index (χ0v) is 14.1. The molecule has 0 amide bonds. The van der Waals surface area contributed by atoms with Crippen molar-refractivity contribution in [3.8, 4) is 0 Å². The summed E-state index contributed by atoms with van der Waals surface area (Å²) in [6.07, 6.45) is 7.76. The first-order valence-corrected chi connectivity index (χ1v) is 9.04. The van der Waals surface area contributed by atoms with Crippen molar-refractivity contribution >= 4 is 43.8 Å². The van der Waals surface area contributed by atoms with Crippen molar-refractivity contribution in [2.24, 2.45) is 0 Å². The highest BCUT2D eigenvalue weighted by Crippen LogP contribution is 2.37. The summed E-state index contributed by atoms with van der Waals surface area (Å²) in [5, 5.41) is 9.13. The number of nitrogen functional groups attached to an aromatic ring is 1. The van der Waals surface area contributed by atoms with Crippen LogP contribution in [0.15, 0.2) is 18.3 Å². The van der Waals surface area contributed by atoms with Gasteiger partial charge >= 0.3 is 0 Å². The molecule has 3 aromatic heterocycles. The third-order valence-electron chi connectivity index (χ3n) is 4.32. The standard InChI is InChI=1S/C17H21N5S/c1-2-3-8-22-10-12-15(21-22)17(18)20-13-9-14(23-16(12)13)11-4-6-19-7-5-11/h4,9-10,19H,2-3,5-8H2,1H3,(H2,18,20). The average Bonchev–Trinajstić information content (AvgIpc) is 3.18. The van der Waals surface area contributed by atoms with Gasteiger partial charge in [-0.05, 0) is 31.0 Å². The highest BCUT2D eigenvalue weighted by molar-refractivity contribution is 7.21. The monoisotopic (exact) mass is 327 g/mol. The third-order valence-corrected chi connectivity index (χ3v) is 5.56. The van der Waals surface area contributed by atoms with Gasteiger partial charge in [0.2, 0.25) is 0 Å². The first-order chi connectivity index (χ1) is 11.3. The van der Waals surface area contributed by atoms with Crippen LogP contribution in [0.3, 0.4) is 0 Å². The van der Waals surface area contributed by atoms with Crippen molar-refractivity contribution in [2.75, 3.05) is 18.8 Å². The van der Waals surface area contributed by atoms with Crippen LogP contribution in [0.5, 0.6) is 0 Å². The molecule has 1 aliphatic rings. The van der Waals surface area contributed by atoms with E-state index in [1.165, 1.54) is 15.2 Å². The maximum atomic E-state index is 6.15. The van der Waals surface area contributed by atoms with E-state index in [-0.39, 0.29) is 0 Å². The molecule has 0 spiro atoms. The van der Waals surface area contributed by atoms with Crippen molar-refractivity contribution in [1.29, 1.82) is 0 Å². The fraction of sp³-hybridized carbons (Fsp3) is 0.412. The molecule has 0 aromatic carbocycles. The topological polar surface area (TPSA) is 68.8 Å². The van der Waals surface area contributed by atoms with E-state index in [1.807, 2.05) is 16.0 Å². The van der Waals surface area contributed by atoms with Crippen LogP contribution in [0.1, 0.15) is 31.1 Å². The summed E-state index contributed by atoms with van der Waals surface area (Å²) < 4.78 is 3.21. The van der Waals surface area contributed by atoms with Gasteiger partial charge in [0.05, 0.1) is 10.2 Å². The summed E-state index contributed by atoms with van der Waals surface area (Å²) in [6.45, 7) is 5.11. The minimum absolute atomic E-state index is 0.534. The Hall–Kier alpha value is -1.92. The van der Waals surface area contributed by atoms with Crippen LogP contribution in [0.4, 0.5) is 5.82 Å². The van der Waals surface area contributed by atoms with Crippen LogP contribution >= 0.6 is 11.3 Å². The maximum absolute atomic E-state index is 6.15. The second kappa shape index (κ2) is 5.94. The summed E-state index contributed by atoms with van der Waals surface area (Å²) >= 11 is 1.81. The fourth-order valence-corrected chi connectivity index (χ4v) is 4.23. The molecule has 6 heteroatoms. The molecule has 3 aromatic rings. The van der Waals surface area contributed by atoms with Gasteiger partial charge in [0.1, 0.15) is 5.52 Å². The Bertz CT molecular complexity index is 889. The Morgan fingerprint density at radius 2 is 2.35 bits per heavy atom. The lowest BCUT2D eigenvalue weighted by atomic mass is 10.1. The van der Waals surface area contributed by atoms with Gasteiger partial charge in [-0.2, -0.15) is 5.10 Å². The number of hydrogen-bond acceptors (Lipinski definition) is 5. The number of aryl methyl sites for hydroxylation is 1. The van der Waals surface area contributed by atoms with Crippen molar-refractivity contribution in [3.05, 3.63) is 23.2 Å². The van der Waals surface area contributed by atoms with Crippen LogP contribution in [0, 0.1) is 0 Å². The van der Waals surface area contributed by atoms with E-state index < -0.39 is 0 Å². The Balaban J connectivity index is 1.84. The lowest BCUT2D eigenvalue weighted by molar-refractivity contribution is 0.577. The van der Waals surface area contributed by atoms with Gasteiger partial charge in [0, 0.05) is 29.5 Å². The van der Waals surface area contributed by atoms with Crippen LogP contribution in [0.25, 0.3) is 26.7 Å². The Labute approximate surface area is 139 Å². The summed E-state index contributed by atoms with van der Waals surface area (Å²) in [5.74, 6) is 0.534. The molecule has 0 radical (unpaired) electrons. The normalized spacial score (nSPS) is 15.4. The van der Waals surface area contributed by atoms with Crippen LogP contribution < -0.4 is 11.1 Å². The second-order valence-electron chi connectivity index (χ2n) is 6.01. The van der Waals surface area contributed by atoms with Gasteiger partial charge in [-0.25, -0.2) is 4.98 Å². The maximum Gasteiger partial charge on any atom is 0.152 e. The number of nitrogens with zero attached hydrogens (tertiary/aromatic N) is 3. The first-order valence-electron chi connectivity index (χ1n) is 8.22. The highest BCUT2D eigenvalue weighted by Gasteiger charge is 2.16. The van der Waals surface area contributed by atoms with Crippen molar-refractivity contribution in [1.82, 2.24) is 20.1 Å². The van der Waals surface area contributed by atoms with Gasteiger partial charge in [-0.15, -0.1) is 11.3 Å². The lowest BCUT2D eigenvalue weighted by Gasteiger charge is -2.11. The first kappa shape index (κ1) is 14.7. The summed E-state index contributed by atoms with van der Waals surface area (Å²) in [6, 6.07) is 2.18. The number of rotatable bonds is 4. The number of thiophene rings is 1. The van der Waals surface area contributed by atoms with Crippen LogP contribution in [-0.4, -0.2) is 27.9 Å². The number of nitrogens with one attached hydrogen (secondary N) is 1. The van der Waals surface area contributed by atoms with Crippen molar-refractivity contribution < 1.29 is 0 Å². The van der Waals surface area contributed by atoms with Crippen molar-refractivity contribution in [2.45, 2.75) is 32.7 Å². The SMILES string of the molecule is CCCCn1cc2c(n1)c(N)nc1cc(C3=CCNCC3)sc12. The minimum Gasteiger partial charge on any atom is -0.382 e. The molecule has 3 N–H and O–H groups in total. The van der Waals surface area contributed by atoms with Crippen molar-refractivity contribution in [3.63, 3.8) is 0 Å². The molecular weight excluding hydrogens is 306 g/mol. The van der Waals surface area contributed by atoms with Gasteiger partial charge in [0.25, 0.3) is 0 Å². The number of anilines is 1. The predicted molar refractivity (Wildman–Crippen MR) is 97.7 cm³/mol. The zero-order chi connectivity index (χ0) is 15.8. The second-order valence-corrected chi connectivity index (χ2v) is 7.07. The number of pyridine rings is 1. The lowest BCUT2D eigenvalue weighted by Crippen LogP contribution is -2.19. The molecule has 0 atom stereocenters. The highest BCUT2D eigenvalue weighted by atomic mass is 32.1. The Kier molecular flexibility index (Phi) is 3.79. The van der Waals surface area contributed by atoms with Crippen LogP contribution in [-0.2, 0) is 6.54 Å². The molecule has 1 aliphatic heterocycles. The van der Waals surface area contributed by atoms with E-state index in [4.69, 9.17) is 5.73 Å². The molecular formula is C17H21N5S. The van der Waals surface area contributed by atoms with E-state index in [2.05, 4.69) is 40.7 Å². The third kappa shape index (κ3) is 2.62. The van der Waals surface area contributed by atoms with E-state index in [1.54, 1.807) is 0 Å². The average molecular weight is 327 g/mol. The molecule has 0 aliphatic carbocycles. The predicted octanol–water partition coefficient (Wildman–Crippen LogP) is 3.41. The quantitative estimate of drug-likeness (QED) is 0.770. The number of aromatic nitrogens is 3. The zero-order valence-electron chi connectivity index (χ0n) is 13.3. The number of hydrogen-bond donors (Lipinski definition) is 2. The largest absolute Gasteiger partial charge is 0.382 e. The van der Waals surface area contributed by atoms with Gasteiger partial charge < -0.3 is 11.1 Å². The molecule has 0 saturated carbocycles. The molecule has 5 nitrogen and oxygen atoms in total. The molecule has 4 heterocycles. The molecule has 4 rings (SSSR count). The number of unbranched alkanes of at least 4 members (excludes halogenated alkanes) is 1. The molecule has 0 unspecified atom stereocenters. The summed E-state index contributed by atoms with van der Waals surface area (Å²) in [7, 11) is 0. The summed E-state index contributed by atoms with van der Waals surface area (Å²) in [4.78, 5) is 5.89. The van der Waals surface area contributed by atoms with E-state index >= 15 is 0 Å². The van der Waals surface area contributed by atoms with Crippen LogP contribution in [0.2, 0.25) is 0 Å². The molecule has 0 fully saturated rings. The Morgan fingerprint density at radius 3 is 3.13 bits per heavy atom. The minimum atomic E-state index is 0.534. The van der Waals surface area contributed by atoms with E-state index in [0.29, 0.717) is 5.82 Å². The summed E-state index contributed by atoms with van der Waals surface area (Å²) in [5.41, 5.74) is 9.38. The molecule has 0 saturated heterocycles. The van der Waals surface area contributed by atoms with E-state index in [9.17, 15) is 0 Å². The number of fused-ring (bicyclic) bond motifs is 3. The van der Waals surface area contributed by atoms with Gasteiger partial charge in [0.15, 0.2) is 5.82 Å². The van der Waals surface area contributed by atoms with E-state index in [0.717, 1.165) is 55.3 Å². The molecule has 0 bridgehead atoms. The smallest absolute Gasteiger partial charge is 0.152 e. The van der Waals surface area contributed by atoms with Gasteiger partial charge in [-0.1, -0.05) is 19.4 Å². The fourth-order valence-electron chi connectivity index (χ4n) is 3.06. The molecule has 120 valence electrons.